The van der Waals surface area contributed by atoms with Crippen LogP contribution in [0.5, 0.6) is 0 Å². The molecule has 2 N–H and O–H groups in total. The van der Waals surface area contributed by atoms with Gasteiger partial charge in [-0.1, -0.05) is 0 Å². The number of carbonyl (C=O) groups excluding carboxylic acids is 1. The van der Waals surface area contributed by atoms with Gasteiger partial charge in [0.1, 0.15) is 17.5 Å². The van der Waals surface area contributed by atoms with Gasteiger partial charge < -0.3 is 5.73 Å². The van der Waals surface area contributed by atoms with Crippen molar-refractivity contribution in [3.8, 4) is 0 Å². The number of rotatable bonds is 3. The smallest absolute Gasteiger partial charge is 0.301 e. The standard InChI is InChI=1S/C7H4F2IN3O3/c8-6(9)5-4(10)3(7(11)14)2(1-12-5)13(15)16/h1,6H,(H2,11,14). The molecule has 1 aromatic heterocycles. The number of nitro groups is 1. The van der Waals surface area contributed by atoms with Crippen molar-refractivity contribution < 1.29 is 18.5 Å². The Hall–Kier alpha value is -1.39. The Labute approximate surface area is 101 Å². The van der Waals surface area contributed by atoms with E-state index in [1.807, 2.05) is 0 Å². The molecule has 0 unspecified atom stereocenters. The minimum absolute atomic E-state index is 0.297. The van der Waals surface area contributed by atoms with Crippen molar-refractivity contribution in [2.75, 3.05) is 0 Å². The molecule has 0 aliphatic heterocycles. The summed E-state index contributed by atoms with van der Waals surface area (Å²) in [7, 11) is 0. The molecule has 9 heteroatoms. The van der Waals surface area contributed by atoms with E-state index in [2.05, 4.69) is 4.98 Å². The van der Waals surface area contributed by atoms with Crippen LogP contribution in [0.4, 0.5) is 14.5 Å². The molecule has 1 amide bonds. The number of hydrogen-bond donors (Lipinski definition) is 1. The lowest BCUT2D eigenvalue weighted by atomic mass is 10.2. The number of hydrogen-bond acceptors (Lipinski definition) is 4. The summed E-state index contributed by atoms with van der Waals surface area (Å²) in [6.07, 6.45) is -2.32. The number of carbonyl (C=O) groups is 1. The molecule has 0 atom stereocenters. The highest BCUT2D eigenvalue weighted by Crippen LogP contribution is 2.29. The Morgan fingerprint density at radius 2 is 2.19 bits per heavy atom. The zero-order chi connectivity index (χ0) is 12.5. The number of amides is 1. The summed E-state index contributed by atoms with van der Waals surface area (Å²) in [6, 6.07) is 0. The summed E-state index contributed by atoms with van der Waals surface area (Å²) < 4.78 is 24.5. The van der Waals surface area contributed by atoms with Crippen LogP contribution >= 0.6 is 22.6 Å². The highest BCUT2D eigenvalue weighted by atomic mass is 127. The third kappa shape index (κ3) is 2.23. The topological polar surface area (TPSA) is 99.1 Å². The maximum atomic E-state index is 12.4. The van der Waals surface area contributed by atoms with E-state index >= 15 is 0 Å². The van der Waals surface area contributed by atoms with Crippen LogP contribution in [0.1, 0.15) is 22.5 Å². The Kier molecular flexibility index (Phi) is 3.67. The molecule has 0 fully saturated rings. The van der Waals surface area contributed by atoms with E-state index in [4.69, 9.17) is 5.73 Å². The minimum atomic E-state index is -2.93. The Morgan fingerprint density at radius 3 is 2.56 bits per heavy atom. The van der Waals surface area contributed by atoms with Crippen LogP contribution in [0.2, 0.25) is 0 Å². The number of primary amides is 1. The maximum absolute atomic E-state index is 12.4. The molecule has 1 rings (SSSR count). The van der Waals surface area contributed by atoms with Crippen LogP contribution in [0, 0.1) is 13.7 Å². The second-order valence-electron chi connectivity index (χ2n) is 2.64. The fourth-order valence-electron chi connectivity index (χ4n) is 1.02. The lowest BCUT2D eigenvalue weighted by molar-refractivity contribution is -0.385. The number of alkyl halides is 2. The predicted octanol–water partition coefficient (Wildman–Crippen LogP) is 1.63. The molecule has 16 heavy (non-hydrogen) atoms. The average Bonchev–Trinajstić information content (AvgIpc) is 2.15. The number of nitrogens with zero attached hydrogens (tertiary/aromatic N) is 2. The number of nitrogens with two attached hydrogens (primary N) is 1. The van der Waals surface area contributed by atoms with Gasteiger partial charge in [-0.25, -0.2) is 13.8 Å². The van der Waals surface area contributed by atoms with Crippen LogP contribution in [0.15, 0.2) is 6.20 Å². The van der Waals surface area contributed by atoms with Crippen LogP contribution in [0.25, 0.3) is 0 Å². The molecular weight excluding hydrogens is 339 g/mol. The van der Waals surface area contributed by atoms with Gasteiger partial charge in [0, 0.05) is 0 Å². The lowest BCUT2D eigenvalue weighted by Gasteiger charge is -2.06. The van der Waals surface area contributed by atoms with Crippen LogP contribution in [-0.4, -0.2) is 15.8 Å². The van der Waals surface area contributed by atoms with Gasteiger partial charge in [0.05, 0.1) is 8.49 Å². The van der Waals surface area contributed by atoms with Crippen LogP contribution < -0.4 is 5.73 Å². The number of halogens is 3. The highest BCUT2D eigenvalue weighted by molar-refractivity contribution is 14.1. The second-order valence-corrected chi connectivity index (χ2v) is 3.72. The SMILES string of the molecule is NC(=O)c1c([N+](=O)[O-])cnc(C(F)F)c1I. The molecule has 0 saturated heterocycles. The largest absolute Gasteiger partial charge is 0.365 e. The quantitative estimate of drug-likeness (QED) is 0.512. The van der Waals surface area contributed by atoms with Gasteiger partial charge in [-0.2, -0.15) is 0 Å². The van der Waals surface area contributed by atoms with E-state index in [0.29, 0.717) is 6.20 Å². The third-order valence-corrected chi connectivity index (χ3v) is 2.77. The van der Waals surface area contributed by atoms with E-state index in [1.54, 1.807) is 0 Å². The number of pyridine rings is 1. The molecule has 0 saturated carbocycles. The zero-order valence-corrected chi connectivity index (χ0v) is 9.64. The summed E-state index contributed by atoms with van der Waals surface area (Å²) in [6.45, 7) is 0. The van der Waals surface area contributed by atoms with E-state index < -0.39 is 34.2 Å². The first-order valence-electron chi connectivity index (χ1n) is 3.77. The summed E-state index contributed by atoms with van der Waals surface area (Å²) in [5, 5.41) is 10.5. The molecule has 86 valence electrons. The first kappa shape index (κ1) is 12.7. The van der Waals surface area contributed by atoms with E-state index in [-0.39, 0.29) is 3.57 Å². The Balaban J connectivity index is 3.54. The molecule has 0 aromatic carbocycles. The normalized spacial score (nSPS) is 10.5. The van der Waals surface area contributed by atoms with Crippen molar-refractivity contribution in [3.63, 3.8) is 0 Å². The van der Waals surface area contributed by atoms with E-state index in [9.17, 15) is 23.7 Å². The number of aromatic nitrogens is 1. The van der Waals surface area contributed by atoms with Crippen molar-refractivity contribution in [2.24, 2.45) is 5.73 Å². The Morgan fingerprint density at radius 1 is 1.62 bits per heavy atom. The van der Waals surface area contributed by atoms with Crippen molar-refractivity contribution in [1.29, 1.82) is 0 Å². The molecule has 0 aliphatic carbocycles. The zero-order valence-electron chi connectivity index (χ0n) is 7.49. The highest BCUT2D eigenvalue weighted by Gasteiger charge is 2.27. The van der Waals surface area contributed by atoms with Crippen LogP contribution in [-0.2, 0) is 0 Å². The fourth-order valence-corrected chi connectivity index (χ4v) is 1.93. The second kappa shape index (κ2) is 4.63. The fraction of sp³-hybridized carbons (Fsp3) is 0.143. The summed E-state index contributed by atoms with van der Waals surface area (Å²) in [4.78, 5) is 23.8. The van der Waals surface area contributed by atoms with Crippen molar-refractivity contribution in [3.05, 3.63) is 31.1 Å². The van der Waals surface area contributed by atoms with Gasteiger partial charge in [-0.05, 0) is 22.6 Å². The molecule has 1 heterocycles. The first-order valence-corrected chi connectivity index (χ1v) is 4.84. The van der Waals surface area contributed by atoms with Gasteiger partial charge in [0.15, 0.2) is 0 Å². The lowest BCUT2D eigenvalue weighted by Crippen LogP contribution is -2.17. The van der Waals surface area contributed by atoms with Crippen molar-refractivity contribution in [2.45, 2.75) is 6.43 Å². The van der Waals surface area contributed by atoms with Crippen molar-refractivity contribution in [1.82, 2.24) is 4.98 Å². The first-order chi connectivity index (χ1) is 7.36. The average molecular weight is 343 g/mol. The van der Waals surface area contributed by atoms with Gasteiger partial charge >= 0.3 is 5.69 Å². The van der Waals surface area contributed by atoms with Gasteiger partial charge in [-0.15, -0.1) is 0 Å². The molecule has 0 radical (unpaired) electrons. The predicted molar refractivity (Wildman–Crippen MR) is 57.1 cm³/mol. The summed E-state index contributed by atoms with van der Waals surface area (Å²) in [5.74, 6) is -1.14. The van der Waals surface area contributed by atoms with Gasteiger partial charge in [-0.3, -0.25) is 14.9 Å². The molecule has 0 spiro atoms. The van der Waals surface area contributed by atoms with E-state index in [1.165, 1.54) is 22.6 Å². The molecule has 0 bridgehead atoms. The van der Waals surface area contributed by atoms with Crippen molar-refractivity contribution >= 4 is 34.2 Å². The van der Waals surface area contributed by atoms with Crippen LogP contribution in [0.3, 0.4) is 0 Å². The Bertz CT molecular complexity index is 466. The molecule has 0 aliphatic rings. The molecular formula is C7H4F2IN3O3. The minimum Gasteiger partial charge on any atom is -0.365 e. The van der Waals surface area contributed by atoms with Gasteiger partial charge in [0.2, 0.25) is 0 Å². The molecule has 1 aromatic rings. The van der Waals surface area contributed by atoms with Gasteiger partial charge in [0.25, 0.3) is 12.3 Å². The third-order valence-electron chi connectivity index (χ3n) is 1.68. The maximum Gasteiger partial charge on any atom is 0.301 e. The molecule has 6 nitrogen and oxygen atoms in total. The monoisotopic (exact) mass is 343 g/mol. The summed E-state index contributed by atoms with van der Waals surface area (Å²) >= 11 is 1.38. The van der Waals surface area contributed by atoms with E-state index in [0.717, 1.165) is 0 Å². The summed E-state index contributed by atoms with van der Waals surface area (Å²) in [5.41, 5.74) is 2.98.